The summed E-state index contributed by atoms with van der Waals surface area (Å²) in [5.74, 6) is 0. The fourth-order valence-electron chi connectivity index (χ4n) is 11.9. The van der Waals surface area contributed by atoms with Gasteiger partial charge >= 0.3 is 0 Å². The Labute approximate surface area is 390 Å². The molecule has 0 amide bonds. The zero-order chi connectivity index (χ0) is 44.1. The molecule has 1 heterocycles. The standard InChI is InChI=1S/C65H43NO/c1-2-14-42(15-3-1)43-26-32-47(33-27-43)66(49-36-39-55-54-20-8-12-24-60(54)65(61(55)41-49)58-22-10-6-18-52(58)53-19-7-11-23-59(53)65)48-34-28-45(29-35-48)51-37-30-44-16-4-5-17-50(44)64(51)46-31-38-57-56-21-9-13-25-62(56)67-63(57)40-46/h1-35,37-41,49H,36H2. The van der Waals surface area contributed by atoms with Gasteiger partial charge in [0.15, 0.2) is 0 Å². The van der Waals surface area contributed by atoms with Crippen LogP contribution in [-0.2, 0) is 5.41 Å². The first-order valence-electron chi connectivity index (χ1n) is 23.4. The molecule has 0 N–H and O–H groups in total. The number of rotatable bonds is 6. The number of nitrogens with zero attached hydrogens (tertiary/aromatic N) is 1. The molecule has 0 aliphatic heterocycles. The normalized spacial score (nSPS) is 15.3. The van der Waals surface area contributed by atoms with Gasteiger partial charge in [0.2, 0.25) is 0 Å². The minimum atomic E-state index is -0.404. The number of hydrogen-bond acceptors (Lipinski definition) is 2. The summed E-state index contributed by atoms with van der Waals surface area (Å²) in [6, 6.07) is 84.8. The van der Waals surface area contributed by atoms with Crippen molar-refractivity contribution < 1.29 is 4.42 Å². The van der Waals surface area contributed by atoms with Crippen LogP contribution < -0.4 is 4.90 Å². The lowest BCUT2D eigenvalue weighted by atomic mass is 9.69. The molecule has 0 radical (unpaired) electrons. The number of furan rings is 1. The van der Waals surface area contributed by atoms with Crippen LogP contribution in [-0.4, -0.2) is 6.04 Å². The van der Waals surface area contributed by atoms with Crippen LogP contribution in [0.1, 0.15) is 28.7 Å². The second kappa shape index (κ2) is 14.8. The van der Waals surface area contributed by atoms with E-state index in [0.717, 1.165) is 45.3 Å². The molecule has 11 aromatic rings. The second-order valence-corrected chi connectivity index (χ2v) is 18.2. The SMILES string of the molecule is C1=C2C(=CC(N(c3ccc(-c4ccccc4)cc3)c3ccc(-c4ccc5ccccc5c4-c4ccc5c(c4)oc4ccccc45)cc3)C1)C1(c3ccccc32)c2ccccc2-c2ccccc21. The highest BCUT2D eigenvalue weighted by Crippen LogP contribution is 2.64. The Morgan fingerprint density at radius 1 is 0.403 bits per heavy atom. The van der Waals surface area contributed by atoms with E-state index in [9.17, 15) is 0 Å². The molecule has 0 saturated carbocycles. The van der Waals surface area contributed by atoms with Crippen molar-refractivity contribution in [2.75, 3.05) is 4.90 Å². The molecule has 0 fully saturated rings. The van der Waals surface area contributed by atoms with Crippen LogP contribution in [0.15, 0.2) is 253 Å². The summed E-state index contributed by atoms with van der Waals surface area (Å²) < 4.78 is 6.44. The highest BCUT2D eigenvalue weighted by molar-refractivity contribution is 6.09. The Kier molecular flexibility index (Phi) is 8.36. The quantitative estimate of drug-likeness (QED) is 0.166. The maximum absolute atomic E-state index is 6.44. The molecule has 14 rings (SSSR count). The monoisotopic (exact) mass is 853 g/mol. The summed E-state index contributed by atoms with van der Waals surface area (Å²) >= 11 is 0. The van der Waals surface area contributed by atoms with Crippen molar-refractivity contribution in [1.82, 2.24) is 0 Å². The van der Waals surface area contributed by atoms with E-state index in [1.165, 1.54) is 83.1 Å². The summed E-state index contributed by atoms with van der Waals surface area (Å²) in [4.78, 5) is 2.57. The minimum Gasteiger partial charge on any atom is -0.456 e. The summed E-state index contributed by atoms with van der Waals surface area (Å²) in [7, 11) is 0. The van der Waals surface area contributed by atoms with Crippen LogP contribution in [0.5, 0.6) is 0 Å². The predicted octanol–water partition coefficient (Wildman–Crippen LogP) is 17.0. The lowest BCUT2D eigenvalue weighted by Gasteiger charge is -2.37. The van der Waals surface area contributed by atoms with Crippen molar-refractivity contribution in [3.63, 3.8) is 0 Å². The van der Waals surface area contributed by atoms with Crippen LogP contribution in [0.25, 0.3) is 82.8 Å². The van der Waals surface area contributed by atoms with E-state index in [1.54, 1.807) is 0 Å². The molecule has 3 aliphatic carbocycles. The van der Waals surface area contributed by atoms with Crippen molar-refractivity contribution in [2.45, 2.75) is 17.9 Å². The van der Waals surface area contributed by atoms with Crippen molar-refractivity contribution in [3.05, 3.63) is 271 Å². The van der Waals surface area contributed by atoms with Crippen LogP contribution >= 0.6 is 0 Å². The predicted molar refractivity (Wildman–Crippen MR) is 279 cm³/mol. The fourth-order valence-corrected chi connectivity index (χ4v) is 11.9. The van der Waals surface area contributed by atoms with Gasteiger partial charge in [-0.25, -0.2) is 0 Å². The van der Waals surface area contributed by atoms with Gasteiger partial charge in [-0.1, -0.05) is 200 Å². The Morgan fingerprint density at radius 3 is 1.69 bits per heavy atom. The molecule has 10 aromatic carbocycles. The maximum atomic E-state index is 6.44. The van der Waals surface area contributed by atoms with Crippen LogP contribution in [0.3, 0.4) is 0 Å². The maximum Gasteiger partial charge on any atom is 0.136 e. The largest absolute Gasteiger partial charge is 0.456 e. The Morgan fingerprint density at radius 2 is 0.955 bits per heavy atom. The number of allylic oxidation sites excluding steroid dienone is 2. The fraction of sp³-hybridized carbons (Fsp3) is 0.0462. The number of anilines is 2. The van der Waals surface area contributed by atoms with E-state index in [2.05, 4.69) is 242 Å². The molecule has 0 bridgehead atoms. The number of hydrogen-bond donors (Lipinski definition) is 0. The van der Waals surface area contributed by atoms with E-state index >= 15 is 0 Å². The van der Waals surface area contributed by atoms with Crippen LogP contribution in [0.4, 0.5) is 11.4 Å². The molecule has 1 aromatic heterocycles. The molecular weight excluding hydrogens is 811 g/mol. The van der Waals surface area contributed by atoms with E-state index in [4.69, 9.17) is 4.42 Å². The third-order valence-corrected chi connectivity index (χ3v) is 14.8. The van der Waals surface area contributed by atoms with Crippen molar-refractivity contribution in [2.24, 2.45) is 0 Å². The zero-order valence-corrected chi connectivity index (χ0v) is 36.7. The molecular formula is C65H43NO. The van der Waals surface area contributed by atoms with Crippen LogP contribution in [0, 0.1) is 0 Å². The average Bonchev–Trinajstić information content (AvgIpc) is 4.03. The molecule has 67 heavy (non-hydrogen) atoms. The van der Waals surface area contributed by atoms with E-state index in [1.807, 2.05) is 6.07 Å². The van der Waals surface area contributed by atoms with Crippen molar-refractivity contribution in [1.29, 1.82) is 0 Å². The van der Waals surface area contributed by atoms with Gasteiger partial charge in [-0.05, 0) is 138 Å². The van der Waals surface area contributed by atoms with Gasteiger partial charge in [-0.3, -0.25) is 0 Å². The molecule has 3 aliphatic rings. The molecule has 0 saturated heterocycles. The molecule has 2 nitrogen and oxygen atoms in total. The van der Waals surface area contributed by atoms with Gasteiger partial charge in [-0.2, -0.15) is 0 Å². The molecule has 1 spiro atoms. The highest BCUT2D eigenvalue weighted by Gasteiger charge is 2.54. The van der Waals surface area contributed by atoms with Gasteiger partial charge in [-0.15, -0.1) is 0 Å². The first-order chi connectivity index (χ1) is 33.2. The smallest absolute Gasteiger partial charge is 0.136 e. The van der Waals surface area contributed by atoms with E-state index < -0.39 is 5.41 Å². The number of fused-ring (bicyclic) bond motifs is 14. The topological polar surface area (TPSA) is 16.4 Å². The lowest BCUT2D eigenvalue weighted by Crippen LogP contribution is -2.34. The molecule has 1 atom stereocenters. The molecule has 1 unspecified atom stereocenters. The minimum absolute atomic E-state index is 0.0463. The first-order valence-corrected chi connectivity index (χ1v) is 23.4. The van der Waals surface area contributed by atoms with E-state index in [0.29, 0.717) is 0 Å². The number of para-hydroxylation sites is 1. The third-order valence-electron chi connectivity index (χ3n) is 14.8. The molecule has 314 valence electrons. The lowest BCUT2D eigenvalue weighted by molar-refractivity contribution is 0.669. The average molecular weight is 854 g/mol. The zero-order valence-electron chi connectivity index (χ0n) is 36.7. The van der Waals surface area contributed by atoms with Gasteiger partial charge in [0, 0.05) is 22.1 Å². The van der Waals surface area contributed by atoms with Crippen molar-refractivity contribution in [3.8, 4) is 44.5 Å². The van der Waals surface area contributed by atoms with Gasteiger partial charge < -0.3 is 9.32 Å². The number of benzene rings is 10. The Balaban J connectivity index is 0.925. The summed E-state index contributed by atoms with van der Waals surface area (Å²) in [6.45, 7) is 0. The Hall–Kier alpha value is -8.46. The first kappa shape index (κ1) is 37.9. The van der Waals surface area contributed by atoms with E-state index in [-0.39, 0.29) is 6.04 Å². The van der Waals surface area contributed by atoms with Crippen LogP contribution in [0.2, 0.25) is 0 Å². The second-order valence-electron chi connectivity index (χ2n) is 18.2. The summed E-state index contributed by atoms with van der Waals surface area (Å²) in [5, 5.41) is 4.71. The highest BCUT2D eigenvalue weighted by atomic mass is 16.3. The molecule has 2 heteroatoms. The van der Waals surface area contributed by atoms with Gasteiger partial charge in [0.25, 0.3) is 0 Å². The Bertz CT molecular complexity index is 3790. The van der Waals surface area contributed by atoms with Crippen molar-refractivity contribution >= 4 is 49.7 Å². The summed E-state index contributed by atoms with van der Waals surface area (Å²) in [5.41, 5.74) is 21.7. The van der Waals surface area contributed by atoms with Gasteiger partial charge in [0.1, 0.15) is 11.2 Å². The van der Waals surface area contributed by atoms with Gasteiger partial charge in [0.05, 0.1) is 11.5 Å². The summed E-state index contributed by atoms with van der Waals surface area (Å²) in [6.07, 6.45) is 6.01. The third kappa shape index (κ3) is 5.63.